The van der Waals surface area contributed by atoms with E-state index in [1.807, 2.05) is 11.7 Å². The van der Waals surface area contributed by atoms with Crippen LogP contribution in [0.1, 0.15) is 45.9 Å². The number of hydrogen-bond donors (Lipinski definition) is 1. The van der Waals surface area contributed by atoms with Crippen LogP contribution in [-0.4, -0.2) is 20.3 Å². The van der Waals surface area contributed by atoms with Crippen LogP contribution in [0.2, 0.25) is 0 Å². The predicted octanol–water partition coefficient (Wildman–Crippen LogP) is 2.15. The molecule has 3 unspecified atom stereocenters. The maximum absolute atomic E-state index is 6.77. The van der Waals surface area contributed by atoms with Gasteiger partial charge in [0.15, 0.2) is 0 Å². The number of aryl methyl sites for hydroxylation is 1. The fourth-order valence-electron chi connectivity index (χ4n) is 3.63. The zero-order chi connectivity index (χ0) is 13.3. The third-order valence-electron chi connectivity index (χ3n) is 4.53. The Bertz CT molecular complexity index is 398. The summed E-state index contributed by atoms with van der Waals surface area (Å²) in [5.74, 6) is 2.96. The predicted molar refractivity (Wildman–Crippen MR) is 73.0 cm³/mol. The maximum Gasteiger partial charge on any atom is 0.138 e. The first-order valence-corrected chi connectivity index (χ1v) is 7.04. The number of nitrogens with zero attached hydrogens (tertiary/aromatic N) is 3. The van der Waals surface area contributed by atoms with Gasteiger partial charge in [0.05, 0.1) is 0 Å². The van der Waals surface area contributed by atoms with E-state index >= 15 is 0 Å². The SMILES string of the molecule is CC1CCC(C(C)C)C(N)(Cc2ncnn2C)C1. The Kier molecular flexibility index (Phi) is 3.76. The van der Waals surface area contributed by atoms with E-state index in [4.69, 9.17) is 5.73 Å². The Balaban J connectivity index is 2.21. The van der Waals surface area contributed by atoms with Crippen LogP contribution in [0, 0.1) is 17.8 Å². The average Bonchev–Trinajstić information content (AvgIpc) is 2.62. The van der Waals surface area contributed by atoms with Crippen molar-refractivity contribution >= 4 is 0 Å². The highest BCUT2D eigenvalue weighted by Crippen LogP contribution is 2.40. The van der Waals surface area contributed by atoms with Crippen molar-refractivity contribution in [2.45, 2.75) is 52.0 Å². The lowest BCUT2D eigenvalue weighted by molar-refractivity contribution is 0.107. The summed E-state index contributed by atoms with van der Waals surface area (Å²) < 4.78 is 1.85. The lowest BCUT2D eigenvalue weighted by atomic mass is 9.64. The van der Waals surface area contributed by atoms with Crippen molar-refractivity contribution < 1.29 is 0 Å². The molecule has 0 amide bonds. The van der Waals surface area contributed by atoms with Gasteiger partial charge in [0.2, 0.25) is 0 Å². The van der Waals surface area contributed by atoms with Crippen molar-refractivity contribution in [2.75, 3.05) is 0 Å². The third-order valence-corrected chi connectivity index (χ3v) is 4.53. The first-order valence-electron chi connectivity index (χ1n) is 7.04. The first-order chi connectivity index (χ1) is 8.42. The van der Waals surface area contributed by atoms with Crippen LogP contribution in [0.4, 0.5) is 0 Å². The molecule has 1 heterocycles. The van der Waals surface area contributed by atoms with Gasteiger partial charge in [0, 0.05) is 19.0 Å². The molecule has 1 saturated carbocycles. The van der Waals surface area contributed by atoms with Crippen molar-refractivity contribution in [1.82, 2.24) is 14.8 Å². The highest BCUT2D eigenvalue weighted by atomic mass is 15.3. The summed E-state index contributed by atoms with van der Waals surface area (Å²) in [6, 6.07) is 0. The molecule has 102 valence electrons. The number of hydrogen-bond acceptors (Lipinski definition) is 3. The second-order valence-corrected chi connectivity index (χ2v) is 6.45. The second kappa shape index (κ2) is 5.00. The molecule has 1 aliphatic rings. The Morgan fingerprint density at radius 2 is 2.22 bits per heavy atom. The summed E-state index contributed by atoms with van der Waals surface area (Å²) >= 11 is 0. The quantitative estimate of drug-likeness (QED) is 0.894. The van der Waals surface area contributed by atoms with Gasteiger partial charge in [-0.3, -0.25) is 4.68 Å². The van der Waals surface area contributed by atoms with Gasteiger partial charge < -0.3 is 5.73 Å². The molecular weight excluding hydrogens is 224 g/mol. The van der Waals surface area contributed by atoms with E-state index in [1.165, 1.54) is 12.8 Å². The fraction of sp³-hybridized carbons (Fsp3) is 0.857. The highest BCUT2D eigenvalue weighted by molar-refractivity contribution is 5.04. The minimum atomic E-state index is -0.118. The summed E-state index contributed by atoms with van der Waals surface area (Å²) in [5, 5.41) is 4.15. The van der Waals surface area contributed by atoms with Crippen LogP contribution in [0.25, 0.3) is 0 Å². The smallest absolute Gasteiger partial charge is 0.138 e. The summed E-state index contributed by atoms with van der Waals surface area (Å²) in [6.45, 7) is 6.90. The fourth-order valence-corrected chi connectivity index (χ4v) is 3.63. The monoisotopic (exact) mass is 250 g/mol. The van der Waals surface area contributed by atoms with E-state index in [2.05, 4.69) is 30.9 Å². The van der Waals surface area contributed by atoms with Crippen LogP contribution in [0.15, 0.2) is 6.33 Å². The average molecular weight is 250 g/mol. The molecule has 0 aliphatic heterocycles. The molecule has 0 bridgehead atoms. The third kappa shape index (κ3) is 2.58. The first kappa shape index (κ1) is 13.5. The summed E-state index contributed by atoms with van der Waals surface area (Å²) in [6.07, 6.45) is 6.11. The molecule has 0 spiro atoms. The van der Waals surface area contributed by atoms with Gasteiger partial charge in [-0.2, -0.15) is 5.10 Å². The van der Waals surface area contributed by atoms with Gasteiger partial charge in [-0.05, 0) is 30.6 Å². The molecule has 0 radical (unpaired) electrons. The molecule has 18 heavy (non-hydrogen) atoms. The van der Waals surface area contributed by atoms with E-state index in [1.54, 1.807) is 6.33 Å². The summed E-state index contributed by atoms with van der Waals surface area (Å²) in [5.41, 5.74) is 6.66. The topological polar surface area (TPSA) is 56.7 Å². The highest BCUT2D eigenvalue weighted by Gasteiger charge is 2.41. The lowest BCUT2D eigenvalue weighted by Crippen LogP contribution is -2.54. The van der Waals surface area contributed by atoms with Gasteiger partial charge in [0.1, 0.15) is 12.2 Å². The molecule has 2 rings (SSSR count). The van der Waals surface area contributed by atoms with Crippen LogP contribution in [0.5, 0.6) is 0 Å². The molecule has 0 aromatic carbocycles. The van der Waals surface area contributed by atoms with E-state index < -0.39 is 0 Å². The van der Waals surface area contributed by atoms with Crippen molar-refractivity contribution in [1.29, 1.82) is 0 Å². The lowest BCUT2D eigenvalue weighted by Gasteiger charge is -2.45. The molecule has 1 aromatic rings. The van der Waals surface area contributed by atoms with E-state index in [0.717, 1.165) is 24.6 Å². The van der Waals surface area contributed by atoms with Crippen molar-refractivity contribution in [3.8, 4) is 0 Å². The van der Waals surface area contributed by atoms with Crippen molar-refractivity contribution in [3.05, 3.63) is 12.2 Å². The van der Waals surface area contributed by atoms with Crippen molar-refractivity contribution in [2.24, 2.45) is 30.5 Å². The van der Waals surface area contributed by atoms with E-state index in [0.29, 0.717) is 11.8 Å². The molecule has 0 saturated heterocycles. The van der Waals surface area contributed by atoms with Crippen LogP contribution < -0.4 is 5.73 Å². The molecule has 3 atom stereocenters. The largest absolute Gasteiger partial charge is 0.324 e. The molecule has 4 nitrogen and oxygen atoms in total. The normalized spacial score (nSPS) is 33.0. The molecule has 4 heteroatoms. The van der Waals surface area contributed by atoms with Gasteiger partial charge in [-0.1, -0.05) is 27.2 Å². The Hall–Kier alpha value is -0.900. The molecule has 1 fully saturated rings. The zero-order valence-electron chi connectivity index (χ0n) is 12.1. The zero-order valence-corrected chi connectivity index (χ0v) is 12.1. The number of rotatable bonds is 3. The summed E-state index contributed by atoms with van der Waals surface area (Å²) in [7, 11) is 1.95. The van der Waals surface area contributed by atoms with Crippen molar-refractivity contribution in [3.63, 3.8) is 0 Å². The molecule has 1 aliphatic carbocycles. The Morgan fingerprint density at radius 1 is 1.50 bits per heavy atom. The number of nitrogens with two attached hydrogens (primary N) is 1. The Morgan fingerprint density at radius 3 is 2.78 bits per heavy atom. The van der Waals surface area contributed by atoms with Crippen LogP contribution in [0.3, 0.4) is 0 Å². The molecule has 1 aromatic heterocycles. The molecular formula is C14H26N4. The van der Waals surface area contributed by atoms with Crippen LogP contribution >= 0.6 is 0 Å². The minimum absolute atomic E-state index is 0.118. The molecule has 2 N–H and O–H groups in total. The summed E-state index contributed by atoms with van der Waals surface area (Å²) in [4.78, 5) is 4.35. The minimum Gasteiger partial charge on any atom is -0.324 e. The second-order valence-electron chi connectivity index (χ2n) is 6.45. The van der Waals surface area contributed by atoms with Gasteiger partial charge >= 0.3 is 0 Å². The maximum atomic E-state index is 6.77. The number of aromatic nitrogens is 3. The van der Waals surface area contributed by atoms with Gasteiger partial charge in [-0.15, -0.1) is 0 Å². The van der Waals surface area contributed by atoms with Gasteiger partial charge in [-0.25, -0.2) is 4.98 Å². The van der Waals surface area contributed by atoms with E-state index in [-0.39, 0.29) is 5.54 Å². The van der Waals surface area contributed by atoms with E-state index in [9.17, 15) is 0 Å². The van der Waals surface area contributed by atoms with Gasteiger partial charge in [0.25, 0.3) is 0 Å². The Labute approximate surface area is 110 Å². The van der Waals surface area contributed by atoms with Crippen LogP contribution in [-0.2, 0) is 13.5 Å². The standard InChI is InChI=1S/C14H26N4/c1-10(2)12-6-5-11(3)7-14(12,15)8-13-16-9-17-18(13)4/h9-12H,5-8,15H2,1-4H3.